The molecule has 0 aliphatic carbocycles. The van der Waals surface area contributed by atoms with Crippen LogP contribution in [0.25, 0.3) is 0 Å². The van der Waals surface area contributed by atoms with Crippen LogP contribution in [0.3, 0.4) is 0 Å². The molecule has 0 aliphatic rings. The second-order valence-electron chi connectivity index (χ2n) is 4.81. The molecule has 1 amide bonds. The molecular weight excluding hydrogens is 274 g/mol. The number of amides is 1. The number of hydrogen-bond acceptors (Lipinski definition) is 4. The van der Waals surface area contributed by atoms with Crippen LogP contribution in [-0.4, -0.2) is 55.3 Å². The molecule has 0 bridgehead atoms. The summed E-state index contributed by atoms with van der Waals surface area (Å²) in [7, 11) is 1.50. The summed E-state index contributed by atoms with van der Waals surface area (Å²) in [5, 5.41) is 8.81. The molecule has 1 rings (SSSR count). The highest BCUT2D eigenvalue weighted by molar-refractivity contribution is 5.82. The fraction of sp³-hybridized carbons (Fsp3) is 0.467. The van der Waals surface area contributed by atoms with Gasteiger partial charge in [0.2, 0.25) is 0 Å². The number of nitrogens with zero attached hydrogens (tertiary/aromatic N) is 1. The summed E-state index contributed by atoms with van der Waals surface area (Å²) in [5.74, 6) is -0.845. The van der Waals surface area contributed by atoms with Crippen LogP contribution in [0.5, 0.6) is 5.75 Å². The Morgan fingerprint density at radius 1 is 1.19 bits per heavy atom. The van der Waals surface area contributed by atoms with Crippen LogP contribution in [0.2, 0.25) is 0 Å². The van der Waals surface area contributed by atoms with E-state index in [0.29, 0.717) is 5.75 Å². The summed E-state index contributed by atoms with van der Waals surface area (Å²) in [6, 6.07) is 5.66. The monoisotopic (exact) mass is 295 g/mol. The van der Waals surface area contributed by atoms with E-state index in [9.17, 15) is 9.59 Å². The first-order chi connectivity index (χ1) is 9.92. The molecule has 6 nitrogen and oxygen atoms in total. The summed E-state index contributed by atoms with van der Waals surface area (Å²) in [6.45, 7) is 3.83. The lowest BCUT2D eigenvalue weighted by Gasteiger charge is -2.20. The molecular formula is C15H21NO5. The fourth-order valence-corrected chi connectivity index (χ4v) is 1.91. The molecule has 1 aromatic carbocycles. The normalized spacial score (nSPS) is 10.2. The maximum Gasteiger partial charge on any atom is 0.323 e. The second-order valence-corrected chi connectivity index (χ2v) is 4.81. The van der Waals surface area contributed by atoms with Gasteiger partial charge in [0.15, 0.2) is 6.61 Å². The van der Waals surface area contributed by atoms with Crippen LogP contribution in [0.4, 0.5) is 0 Å². The average molecular weight is 295 g/mol. The Hall–Kier alpha value is -2.08. The molecule has 1 aromatic rings. The van der Waals surface area contributed by atoms with Crippen LogP contribution < -0.4 is 4.74 Å². The minimum absolute atomic E-state index is 0.195. The maximum atomic E-state index is 12.0. The smallest absolute Gasteiger partial charge is 0.323 e. The van der Waals surface area contributed by atoms with Crippen molar-refractivity contribution in [2.45, 2.75) is 13.8 Å². The molecule has 0 unspecified atom stereocenters. The first-order valence-corrected chi connectivity index (χ1v) is 6.62. The van der Waals surface area contributed by atoms with Crippen LogP contribution >= 0.6 is 0 Å². The number of hydrogen-bond donors (Lipinski definition) is 1. The Bertz CT molecular complexity index is 481. The highest BCUT2D eigenvalue weighted by atomic mass is 16.5. The van der Waals surface area contributed by atoms with Gasteiger partial charge in [-0.05, 0) is 37.1 Å². The predicted molar refractivity (Wildman–Crippen MR) is 77.5 cm³/mol. The van der Waals surface area contributed by atoms with Crippen molar-refractivity contribution in [2.75, 3.05) is 33.4 Å². The topological polar surface area (TPSA) is 76.1 Å². The Labute approximate surface area is 124 Å². The summed E-state index contributed by atoms with van der Waals surface area (Å²) < 4.78 is 10.3. The van der Waals surface area contributed by atoms with Crippen molar-refractivity contribution in [1.29, 1.82) is 0 Å². The second kappa shape index (κ2) is 8.26. The number of carbonyl (C=O) groups is 2. The molecule has 21 heavy (non-hydrogen) atoms. The summed E-state index contributed by atoms with van der Waals surface area (Å²) in [4.78, 5) is 24.0. The van der Waals surface area contributed by atoms with Gasteiger partial charge < -0.3 is 19.5 Å². The molecule has 0 spiro atoms. The molecule has 6 heteroatoms. The Morgan fingerprint density at radius 3 is 2.33 bits per heavy atom. The third-order valence-electron chi connectivity index (χ3n) is 2.80. The van der Waals surface area contributed by atoms with Crippen molar-refractivity contribution in [3.05, 3.63) is 29.3 Å². The van der Waals surface area contributed by atoms with Gasteiger partial charge in [-0.3, -0.25) is 9.59 Å². The predicted octanol–water partition coefficient (Wildman–Crippen LogP) is 1.24. The lowest BCUT2D eigenvalue weighted by atomic mass is 10.1. The van der Waals surface area contributed by atoms with Crippen molar-refractivity contribution < 1.29 is 24.2 Å². The number of rotatable bonds is 8. The van der Waals surface area contributed by atoms with Crippen LogP contribution in [0.1, 0.15) is 11.1 Å². The largest absolute Gasteiger partial charge is 0.484 e. The van der Waals surface area contributed by atoms with Crippen molar-refractivity contribution in [3.8, 4) is 5.75 Å². The molecule has 0 aromatic heterocycles. The molecule has 0 heterocycles. The van der Waals surface area contributed by atoms with Gasteiger partial charge in [-0.1, -0.05) is 6.07 Å². The van der Waals surface area contributed by atoms with Gasteiger partial charge >= 0.3 is 5.97 Å². The fourth-order valence-electron chi connectivity index (χ4n) is 1.91. The van der Waals surface area contributed by atoms with Gasteiger partial charge in [-0.2, -0.15) is 0 Å². The first-order valence-electron chi connectivity index (χ1n) is 6.62. The molecule has 116 valence electrons. The van der Waals surface area contributed by atoms with Gasteiger partial charge in [-0.25, -0.2) is 0 Å². The third kappa shape index (κ3) is 6.27. The third-order valence-corrected chi connectivity index (χ3v) is 2.80. The number of ether oxygens (including phenoxy) is 2. The van der Waals surface area contributed by atoms with Crippen molar-refractivity contribution in [2.24, 2.45) is 0 Å². The standard InChI is InChI=1S/C15H21NO5/c1-11-6-12(2)8-13(7-11)21-10-14(17)16(4-5-20-3)9-15(18)19/h6-8H,4-5,9-10H2,1-3H3,(H,18,19). The highest BCUT2D eigenvalue weighted by Gasteiger charge is 2.17. The summed E-state index contributed by atoms with van der Waals surface area (Å²) >= 11 is 0. The first kappa shape index (κ1) is 17.0. The number of carboxylic acids is 1. The van der Waals surface area contributed by atoms with E-state index in [2.05, 4.69) is 0 Å². The maximum absolute atomic E-state index is 12.0. The van der Waals surface area contributed by atoms with Gasteiger partial charge in [0.05, 0.1) is 6.61 Å². The van der Waals surface area contributed by atoms with E-state index in [1.165, 1.54) is 12.0 Å². The lowest BCUT2D eigenvalue weighted by molar-refractivity contribution is -0.145. The molecule has 0 radical (unpaired) electrons. The molecule has 1 N–H and O–H groups in total. The van der Waals surface area contributed by atoms with Crippen LogP contribution in [-0.2, 0) is 14.3 Å². The van der Waals surface area contributed by atoms with Crippen LogP contribution in [0, 0.1) is 13.8 Å². The number of aliphatic carboxylic acids is 1. The number of carbonyl (C=O) groups excluding carboxylic acids is 1. The number of methoxy groups -OCH3 is 1. The lowest BCUT2D eigenvalue weighted by Crippen LogP contribution is -2.40. The molecule has 0 saturated heterocycles. The van der Waals surface area contributed by atoms with Gasteiger partial charge in [0.1, 0.15) is 12.3 Å². The minimum Gasteiger partial charge on any atom is -0.484 e. The molecule has 0 saturated carbocycles. The van der Waals surface area contributed by atoms with Crippen molar-refractivity contribution >= 4 is 11.9 Å². The quantitative estimate of drug-likeness (QED) is 0.781. The van der Waals surface area contributed by atoms with Gasteiger partial charge in [-0.15, -0.1) is 0 Å². The van der Waals surface area contributed by atoms with Crippen LogP contribution in [0.15, 0.2) is 18.2 Å². The average Bonchev–Trinajstić information content (AvgIpc) is 2.39. The number of benzene rings is 1. The Balaban J connectivity index is 2.61. The molecule has 0 atom stereocenters. The number of aryl methyl sites for hydroxylation is 2. The van der Waals surface area contributed by atoms with Gasteiger partial charge in [0.25, 0.3) is 5.91 Å². The van der Waals surface area contributed by atoms with E-state index < -0.39 is 5.97 Å². The van der Waals surface area contributed by atoms with E-state index in [1.54, 1.807) is 0 Å². The van der Waals surface area contributed by atoms with Crippen molar-refractivity contribution in [1.82, 2.24) is 4.90 Å². The SMILES string of the molecule is COCCN(CC(=O)O)C(=O)COc1cc(C)cc(C)c1. The number of carboxylic acid groups (broad SMARTS) is 1. The summed E-state index contributed by atoms with van der Waals surface area (Å²) in [6.07, 6.45) is 0. The van der Waals surface area contributed by atoms with E-state index in [1.807, 2.05) is 32.0 Å². The molecule has 0 fully saturated rings. The van der Waals surface area contributed by atoms with Crippen molar-refractivity contribution in [3.63, 3.8) is 0 Å². The van der Waals surface area contributed by atoms with E-state index in [0.717, 1.165) is 11.1 Å². The zero-order chi connectivity index (χ0) is 15.8. The van der Waals surface area contributed by atoms with E-state index in [-0.39, 0.29) is 32.2 Å². The highest BCUT2D eigenvalue weighted by Crippen LogP contribution is 2.16. The van der Waals surface area contributed by atoms with E-state index in [4.69, 9.17) is 14.6 Å². The zero-order valence-electron chi connectivity index (χ0n) is 12.6. The van der Waals surface area contributed by atoms with Gasteiger partial charge in [0, 0.05) is 13.7 Å². The zero-order valence-corrected chi connectivity index (χ0v) is 12.6. The summed E-state index contributed by atoms with van der Waals surface area (Å²) in [5.41, 5.74) is 2.08. The van der Waals surface area contributed by atoms with E-state index >= 15 is 0 Å². The Kier molecular flexibility index (Phi) is 6.68. The Morgan fingerprint density at radius 2 is 1.81 bits per heavy atom. The molecule has 0 aliphatic heterocycles. The minimum atomic E-state index is -1.06.